The number of rotatable bonds is 8. The normalized spacial score (nSPS) is 20.8. The fourth-order valence-corrected chi connectivity index (χ4v) is 6.25. The number of ether oxygens (including phenoxy) is 1. The van der Waals surface area contributed by atoms with Crippen molar-refractivity contribution in [2.75, 3.05) is 56.0 Å². The molecule has 216 valence electrons. The second-order valence-corrected chi connectivity index (χ2v) is 11.5. The van der Waals surface area contributed by atoms with Gasteiger partial charge in [-0.25, -0.2) is 4.98 Å². The van der Waals surface area contributed by atoms with Crippen LogP contribution in [0, 0.1) is 5.92 Å². The summed E-state index contributed by atoms with van der Waals surface area (Å²) in [5, 5.41) is 6.47. The predicted octanol–water partition coefficient (Wildman–Crippen LogP) is 4.19. The topological polar surface area (TPSA) is 103 Å². The number of benzene rings is 1. The Hall–Kier alpha value is -3.40. The van der Waals surface area contributed by atoms with Crippen molar-refractivity contribution in [2.45, 2.75) is 70.4 Å². The number of nitrogens with one attached hydrogen (secondary N) is 2. The fourth-order valence-electron chi connectivity index (χ4n) is 6.25. The van der Waals surface area contributed by atoms with Crippen molar-refractivity contribution in [1.29, 1.82) is 0 Å². The number of piperidine rings is 1. The molecule has 1 saturated heterocycles. The molecule has 3 aliphatic rings. The molecule has 2 amide bonds. The number of carbonyl (C=O) groups excluding carboxylic acids is 2. The average Bonchev–Trinajstić information content (AvgIpc) is 3.48. The molecule has 10 nitrogen and oxygen atoms in total. The van der Waals surface area contributed by atoms with Gasteiger partial charge in [-0.3, -0.25) is 9.59 Å². The van der Waals surface area contributed by atoms with Gasteiger partial charge < -0.3 is 30.1 Å². The molecule has 1 aromatic heterocycles. The van der Waals surface area contributed by atoms with Crippen LogP contribution >= 0.6 is 0 Å². The molecule has 5 rings (SSSR count). The number of carbonyl (C=O) groups is 2. The van der Waals surface area contributed by atoms with Crippen molar-refractivity contribution in [3.8, 4) is 5.75 Å². The first kappa shape index (κ1) is 28.1. The maximum absolute atomic E-state index is 13.3. The third-order valence-electron chi connectivity index (χ3n) is 8.65. The number of aromatic nitrogens is 2. The van der Waals surface area contributed by atoms with E-state index in [2.05, 4.69) is 39.4 Å². The van der Waals surface area contributed by atoms with Gasteiger partial charge in [0.15, 0.2) is 5.82 Å². The molecule has 0 spiro atoms. The summed E-state index contributed by atoms with van der Waals surface area (Å²) in [7, 11) is 5.53. The van der Waals surface area contributed by atoms with Crippen LogP contribution in [0.4, 0.5) is 23.1 Å². The average molecular weight is 550 g/mol. The molecule has 2 fully saturated rings. The number of nitrogens with zero attached hydrogens (tertiary/aromatic N) is 5. The summed E-state index contributed by atoms with van der Waals surface area (Å²) in [5.41, 5.74) is 1.97. The molecular formula is C30H43N7O3. The Morgan fingerprint density at radius 3 is 2.58 bits per heavy atom. The Bertz CT molecular complexity index is 1210. The van der Waals surface area contributed by atoms with Gasteiger partial charge in [-0.2, -0.15) is 4.98 Å². The molecule has 0 radical (unpaired) electrons. The highest BCUT2D eigenvalue weighted by atomic mass is 16.5. The van der Waals surface area contributed by atoms with Gasteiger partial charge in [0.25, 0.3) is 5.91 Å². The number of hydrogen-bond donors (Lipinski definition) is 2. The Labute approximate surface area is 237 Å². The van der Waals surface area contributed by atoms with Crippen molar-refractivity contribution in [3.63, 3.8) is 0 Å². The Balaban J connectivity index is 1.38. The molecule has 2 aromatic rings. The molecule has 0 bridgehead atoms. The molecule has 2 N–H and O–H groups in total. The van der Waals surface area contributed by atoms with Gasteiger partial charge >= 0.3 is 0 Å². The summed E-state index contributed by atoms with van der Waals surface area (Å²) < 4.78 is 5.65. The van der Waals surface area contributed by atoms with Crippen LogP contribution in [0.2, 0.25) is 0 Å². The third-order valence-corrected chi connectivity index (χ3v) is 8.65. The largest absolute Gasteiger partial charge is 0.495 e. The van der Waals surface area contributed by atoms with Crippen LogP contribution in [0.15, 0.2) is 24.4 Å². The van der Waals surface area contributed by atoms with E-state index in [1.807, 2.05) is 13.1 Å². The highest BCUT2D eigenvalue weighted by Gasteiger charge is 2.36. The van der Waals surface area contributed by atoms with Crippen LogP contribution in [-0.4, -0.2) is 79.6 Å². The van der Waals surface area contributed by atoms with E-state index < -0.39 is 0 Å². The summed E-state index contributed by atoms with van der Waals surface area (Å²) in [6.07, 6.45) is 10.1. The van der Waals surface area contributed by atoms with E-state index in [1.54, 1.807) is 30.3 Å². The van der Waals surface area contributed by atoms with Crippen LogP contribution in [0.25, 0.3) is 0 Å². The summed E-state index contributed by atoms with van der Waals surface area (Å²) in [6.45, 7) is 4.78. The van der Waals surface area contributed by atoms with E-state index >= 15 is 0 Å². The highest BCUT2D eigenvalue weighted by Crippen LogP contribution is 2.38. The van der Waals surface area contributed by atoms with E-state index in [1.165, 1.54) is 12.8 Å². The Kier molecular flexibility index (Phi) is 8.73. The van der Waals surface area contributed by atoms with Crippen LogP contribution in [0.5, 0.6) is 5.75 Å². The maximum atomic E-state index is 13.3. The number of likely N-dealkylation sites (tertiary alicyclic amines) is 1. The standard InChI is InChI=1S/C30H43N7O3/c1-5-8-21-19-37(23-9-6-7-10-23)27-25(36(3)29(21)39)18-31-30(34-27)33-24-12-11-20(17-26(24)40-4)28(38)32-22-13-15-35(2)16-14-22/h11-12,17-18,21-23H,5-10,13-16,19H2,1-4H3,(H,32,38)(H,31,33,34). The van der Waals surface area contributed by atoms with Crippen LogP contribution in [0.1, 0.15) is 68.6 Å². The highest BCUT2D eigenvalue weighted by molar-refractivity contribution is 5.99. The molecule has 1 unspecified atom stereocenters. The lowest BCUT2D eigenvalue weighted by Crippen LogP contribution is -2.43. The maximum Gasteiger partial charge on any atom is 0.251 e. The third kappa shape index (κ3) is 6.01. The van der Waals surface area contributed by atoms with E-state index in [4.69, 9.17) is 9.72 Å². The molecule has 1 aromatic carbocycles. The fraction of sp³-hybridized carbons (Fsp3) is 0.600. The molecular weight excluding hydrogens is 506 g/mol. The molecule has 1 saturated carbocycles. The summed E-state index contributed by atoms with van der Waals surface area (Å²) in [5.74, 6) is 1.74. The minimum atomic E-state index is -0.0952. The zero-order valence-electron chi connectivity index (χ0n) is 24.3. The monoisotopic (exact) mass is 549 g/mol. The predicted molar refractivity (Wildman–Crippen MR) is 158 cm³/mol. The van der Waals surface area contributed by atoms with Gasteiger partial charge in [0, 0.05) is 31.2 Å². The van der Waals surface area contributed by atoms with E-state index in [0.717, 1.165) is 63.1 Å². The molecule has 1 atom stereocenters. The first-order chi connectivity index (χ1) is 19.4. The number of anilines is 4. The van der Waals surface area contributed by atoms with Gasteiger partial charge in [-0.15, -0.1) is 0 Å². The van der Waals surface area contributed by atoms with E-state index in [-0.39, 0.29) is 23.8 Å². The quantitative estimate of drug-likeness (QED) is 0.505. The zero-order valence-corrected chi connectivity index (χ0v) is 24.3. The summed E-state index contributed by atoms with van der Waals surface area (Å²) in [6, 6.07) is 5.94. The first-order valence-corrected chi connectivity index (χ1v) is 14.7. The van der Waals surface area contributed by atoms with Crippen molar-refractivity contribution < 1.29 is 14.3 Å². The Morgan fingerprint density at radius 1 is 1.12 bits per heavy atom. The number of hydrogen-bond acceptors (Lipinski definition) is 8. The Morgan fingerprint density at radius 2 is 1.88 bits per heavy atom. The van der Waals surface area contributed by atoms with Gasteiger partial charge in [-0.1, -0.05) is 26.2 Å². The smallest absolute Gasteiger partial charge is 0.251 e. The van der Waals surface area contributed by atoms with Crippen LogP contribution in [-0.2, 0) is 4.79 Å². The van der Waals surface area contributed by atoms with Crippen molar-refractivity contribution >= 4 is 35.0 Å². The molecule has 40 heavy (non-hydrogen) atoms. The molecule has 3 heterocycles. The molecule has 2 aliphatic heterocycles. The van der Waals surface area contributed by atoms with Gasteiger partial charge in [-0.05, 0) is 70.4 Å². The van der Waals surface area contributed by atoms with Crippen LogP contribution < -0.4 is 25.2 Å². The van der Waals surface area contributed by atoms with Crippen molar-refractivity contribution in [3.05, 3.63) is 30.0 Å². The van der Waals surface area contributed by atoms with E-state index in [9.17, 15) is 9.59 Å². The van der Waals surface area contributed by atoms with Crippen molar-refractivity contribution in [1.82, 2.24) is 20.2 Å². The minimum absolute atomic E-state index is 0.0606. The van der Waals surface area contributed by atoms with Gasteiger partial charge in [0.1, 0.15) is 11.4 Å². The van der Waals surface area contributed by atoms with E-state index in [0.29, 0.717) is 35.5 Å². The second-order valence-electron chi connectivity index (χ2n) is 11.5. The summed E-state index contributed by atoms with van der Waals surface area (Å²) in [4.78, 5) is 42.2. The zero-order chi connectivity index (χ0) is 28.2. The van der Waals surface area contributed by atoms with Gasteiger partial charge in [0.2, 0.25) is 11.9 Å². The lowest BCUT2D eigenvalue weighted by atomic mass is 10.0. The number of methoxy groups -OCH3 is 1. The second kappa shape index (κ2) is 12.4. The van der Waals surface area contributed by atoms with Gasteiger partial charge in [0.05, 0.1) is 24.9 Å². The first-order valence-electron chi connectivity index (χ1n) is 14.7. The van der Waals surface area contributed by atoms with Crippen LogP contribution in [0.3, 0.4) is 0 Å². The molecule has 1 aliphatic carbocycles. The summed E-state index contributed by atoms with van der Waals surface area (Å²) >= 11 is 0. The molecule has 10 heteroatoms. The lowest BCUT2D eigenvalue weighted by Gasteiger charge is -2.31. The van der Waals surface area contributed by atoms with Crippen molar-refractivity contribution in [2.24, 2.45) is 5.92 Å². The number of amides is 2. The number of fused-ring (bicyclic) bond motifs is 1. The minimum Gasteiger partial charge on any atom is -0.495 e. The lowest BCUT2D eigenvalue weighted by molar-refractivity contribution is -0.121. The SMILES string of the molecule is CCCC1CN(C2CCCC2)c2nc(Nc3ccc(C(=O)NC4CCN(C)CC4)cc3OC)ncc2N(C)C1=O.